The Bertz CT molecular complexity index is 928. The van der Waals surface area contributed by atoms with E-state index in [1.807, 2.05) is 37.3 Å². The van der Waals surface area contributed by atoms with E-state index in [4.69, 9.17) is 5.73 Å². The zero-order valence-corrected chi connectivity index (χ0v) is 14.5. The predicted molar refractivity (Wildman–Crippen MR) is 96.3 cm³/mol. The van der Waals surface area contributed by atoms with E-state index in [2.05, 4.69) is 15.3 Å². The van der Waals surface area contributed by atoms with Gasteiger partial charge in [0.2, 0.25) is 5.91 Å². The summed E-state index contributed by atoms with van der Waals surface area (Å²) in [4.78, 5) is 33.0. The van der Waals surface area contributed by atoms with Crippen LogP contribution in [0.5, 0.6) is 0 Å². The fourth-order valence-electron chi connectivity index (χ4n) is 3.04. The standard InChI is InChI=1S/C18H18N4O2S/c1-9(14-6-7-15(25-14)16(19)23)20-18(24)11-8-10(11)17-21-12-4-2-3-5-13(12)22-17/h2-7,9-11H,8H2,1H3,(H2,19,23)(H,20,24)(H,21,22)/t9?,10-,11-/m0/s1. The maximum atomic E-state index is 12.5. The number of fused-ring (bicyclic) bond motifs is 1. The lowest BCUT2D eigenvalue weighted by atomic mass is 10.2. The molecule has 25 heavy (non-hydrogen) atoms. The van der Waals surface area contributed by atoms with Crippen molar-refractivity contribution in [3.63, 3.8) is 0 Å². The van der Waals surface area contributed by atoms with Crippen molar-refractivity contribution in [1.29, 1.82) is 0 Å². The number of benzene rings is 1. The van der Waals surface area contributed by atoms with Crippen LogP contribution in [0.3, 0.4) is 0 Å². The first-order valence-electron chi connectivity index (χ1n) is 8.17. The summed E-state index contributed by atoms with van der Waals surface area (Å²) in [6, 6.07) is 11.2. The molecule has 1 aliphatic rings. The largest absolute Gasteiger partial charge is 0.365 e. The molecule has 2 amide bonds. The fraction of sp³-hybridized carbons (Fsp3) is 0.278. The number of para-hydroxylation sites is 2. The number of nitrogens with two attached hydrogens (primary N) is 1. The van der Waals surface area contributed by atoms with Crippen LogP contribution in [0.4, 0.5) is 0 Å². The molecule has 0 saturated heterocycles. The molecule has 6 nitrogen and oxygen atoms in total. The number of carbonyl (C=O) groups is 2. The van der Waals surface area contributed by atoms with Gasteiger partial charge in [-0.25, -0.2) is 4.98 Å². The Kier molecular flexibility index (Phi) is 3.80. The minimum atomic E-state index is -0.443. The van der Waals surface area contributed by atoms with Gasteiger partial charge in [-0.1, -0.05) is 12.1 Å². The van der Waals surface area contributed by atoms with Crippen LogP contribution in [0, 0.1) is 5.92 Å². The fourth-order valence-corrected chi connectivity index (χ4v) is 3.91. The van der Waals surface area contributed by atoms with Crippen LogP contribution in [0.1, 0.15) is 45.7 Å². The molecule has 1 unspecified atom stereocenters. The molecule has 0 radical (unpaired) electrons. The third-order valence-electron chi connectivity index (χ3n) is 4.54. The number of carbonyl (C=O) groups excluding carboxylic acids is 2. The van der Waals surface area contributed by atoms with Crippen LogP contribution in [0.25, 0.3) is 11.0 Å². The lowest BCUT2D eigenvalue weighted by Crippen LogP contribution is -2.28. The summed E-state index contributed by atoms with van der Waals surface area (Å²) in [7, 11) is 0. The van der Waals surface area contributed by atoms with E-state index in [0.717, 1.165) is 28.2 Å². The highest BCUT2D eigenvalue weighted by molar-refractivity contribution is 7.14. The molecule has 0 aliphatic heterocycles. The number of imidazole rings is 1. The molecule has 4 rings (SSSR count). The van der Waals surface area contributed by atoms with Gasteiger partial charge in [-0.05, 0) is 37.6 Å². The molecule has 3 atom stereocenters. The number of hydrogen-bond acceptors (Lipinski definition) is 4. The number of thiophene rings is 1. The van der Waals surface area contributed by atoms with Gasteiger partial charge in [-0.2, -0.15) is 0 Å². The molecular weight excluding hydrogens is 336 g/mol. The second-order valence-electron chi connectivity index (χ2n) is 6.38. The van der Waals surface area contributed by atoms with Crippen LogP contribution >= 0.6 is 11.3 Å². The lowest BCUT2D eigenvalue weighted by Gasteiger charge is -2.11. The number of primary amides is 1. The summed E-state index contributed by atoms with van der Waals surface area (Å²) in [6.07, 6.45) is 0.801. The number of hydrogen-bond donors (Lipinski definition) is 3. The molecule has 1 saturated carbocycles. The van der Waals surface area contributed by atoms with Crippen molar-refractivity contribution in [2.75, 3.05) is 0 Å². The number of nitrogens with zero attached hydrogens (tertiary/aromatic N) is 1. The van der Waals surface area contributed by atoms with E-state index in [0.29, 0.717) is 4.88 Å². The van der Waals surface area contributed by atoms with E-state index < -0.39 is 5.91 Å². The first-order chi connectivity index (χ1) is 12.0. The Hall–Kier alpha value is -2.67. The van der Waals surface area contributed by atoms with Crippen LogP contribution in [0.2, 0.25) is 0 Å². The second kappa shape index (κ2) is 6.00. The van der Waals surface area contributed by atoms with Gasteiger partial charge in [0.25, 0.3) is 5.91 Å². The van der Waals surface area contributed by atoms with Crippen molar-refractivity contribution in [3.8, 4) is 0 Å². The minimum Gasteiger partial charge on any atom is -0.365 e. The van der Waals surface area contributed by atoms with Crippen molar-refractivity contribution < 1.29 is 9.59 Å². The summed E-state index contributed by atoms with van der Waals surface area (Å²) in [5.74, 6) is 0.540. The van der Waals surface area contributed by atoms with E-state index in [1.54, 1.807) is 6.07 Å². The maximum Gasteiger partial charge on any atom is 0.258 e. The highest BCUT2D eigenvalue weighted by Crippen LogP contribution is 2.47. The Morgan fingerprint density at radius 2 is 2.12 bits per heavy atom. The molecule has 4 N–H and O–H groups in total. The van der Waals surface area contributed by atoms with Crippen molar-refractivity contribution in [3.05, 3.63) is 52.0 Å². The number of aromatic nitrogens is 2. The second-order valence-corrected chi connectivity index (χ2v) is 7.50. The first kappa shape index (κ1) is 15.8. The summed E-state index contributed by atoms with van der Waals surface area (Å²) in [6.45, 7) is 1.91. The normalized spacial score (nSPS) is 20.4. The topological polar surface area (TPSA) is 101 Å². The quantitative estimate of drug-likeness (QED) is 0.656. The highest BCUT2D eigenvalue weighted by atomic mass is 32.1. The minimum absolute atomic E-state index is 0.0204. The van der Waals surface area contributed by atoms with Gasteiger partial charge in [-0.3, -0.25) is 9.59 Å². The van der Waals surface area contributed by atoms with Crippen LogP contribution in [-0.4, -0.2) is 21.8 Å². The van der Waals surface area contributed by atoms with E-state index in [9.17, 15) is 9.59 Å². The third kappa shape index (κ3) is 3.02. The lowest BCUT2D eigenvalue weighted by molar-refractivity contribution is -0.123. The van der Waals surface area contributed by atoms with Gasteiger partial charge in [-0.15, -0.1) is 11.3 Å². The zero-order chi connectivity index (χ0) is 17.6. The van der Waals surface area contributed by atoms with Gasteiger partial charge in [0.15, 0.2) is 0 Å². The SMILES string of the molecule is CC(NC(=O)[C@H]1C[C@@H]1c1nc2ccccc2[nH]1)c1ccc(C(N)=O)s1. The molecule has 1 fully saturated rings. The third-order valence-corrected chi connectivity index (χ3v) is 5.82. The molecule has 1 aliphatic carbocycles. The maximum absolute atomic E-state index is 12.5. The number of amides is 2. The summed E-state index contributed by atoms with van der Waals surface area (Å²) in [5, 5.41) is 3.02. The van der Waals surface area contributed by atoms with Gasteiger partial charge in [0, 0.05) is 16.7 Å². The molecular formula is C18H18N4O2S. The first-order valence-corrected chi connectivity index (χ1v) is 8.99. The Labute approximate surface area is 148 Å². The van der Waals surface area contributed by atoms with Gasteiger partial charge in [0.05, 0.1) is 22.0 Å². The van der Waals surface area contributed by atoms with Crippen LogP contribution in [0.15, 0.2) is 36.4 Å². The average molecular weight is 354 g/mol. The summed E-state index contributed by atoms with van der Waals surface area (Å²) in [5.41, 5.74) is 7.20. The molecule has 128 valence electrons. The summed E-state index contributed by atoms with van der Waals surface area (Å²) >= 11 is 1.32. The van der Waals surface area contributed by atoms with Crippen molar-refractivity contribution in [1.82, 2.24) is 15.3 Å². The number of H-pyrrole nitrogens is 1. The van der Waals surface area contributed by atoms with Gasteiger partial charge >= 0.3 is 0 Å². The van der Waals surface area contributed by atoms with Crippen LogP contribution in [-0.2, 0) is 4.79 Å². The number of aromatic amines is 1. The number of rotatable bonds is 5. The van der Waals surface area contributed by atoms with Crippen molar-refractivity contribution in [2.24, 2.45) is 11.7 Å². The highest BCUT2D eigenvalue weighted by Gasteiger charge is 2.46. The van der Waals surface area contributed by atoms with E-state index in [1.165, 1.54) is 11.3 Å². The Balaban J connectivity index is 1.41. The summed E-state index contributed by atoms with van der Waals surface area (Å²) < 4.78 is 0. The molecule has 3 aromatic rings. The van der Waals surface area contributed by atoms with Gasteiger partial charge in [0.1, 0.15) is 5.82 Å². The van der Waals surface area contributed by atoms with E-state index in [-0.39, 0.29) is 23.8 Å². The van der Waals surface area contributed by atoms with Gasteiger partial charge < -0.3 is 16.0 Å². The van der Waals surface area contributed by atoms with Crippen molar-refractivity contribution >= 4 is 34.2 Å². The molecule has 1 aromatic carbocycles. The zero-order valence-electron chi connectivity index (χ0n) is 13.7. The monoisotopic (exact) mass is 354 g/mol. The molecule has 2 heterocycles. The molecule has 0 spiro atoms. The molecule has 7 heteroatoms. The molecule has 0 bridgehead atoms. The predicted octanol–water partition coefficient (Wildman–Crippen LogP) is 2.70. The Morgan fingerprint density at radius 3 is 2.84 bits per heavy atom. The van der Waals surface area contributed by atoms with E-state index >= 15 is 0 Å². The molecule has 2 aromatic heterocycles. The van der Waals surface area contributed by atoms with Crippen molar-refractivity contribution in [2.45, 2.75) is 25.3 Å². The smallest absolute Gasteiger partial charge is 0.258 e. The van der Waals surface area contributed by atoms with Crippen LogP contribution < -0.4 is 11.1 Å². The average Bonchev–Trinajstić information content (AvgIpc) is 3.05. The number of nitrogens with one attached hydrogen (secondary N) is 2. The Morgan fingerprint density at radius 1 is 1.32 bits per heavy atom.